The number of rotatable bonds is 3. The molecule has 1 aliphatic carbocycles. The largest absolute Gasteiger partial charge is 0.378 e. The Kier molecular flexibility index (Phi) is 3.53. The fourth-order valence-electron chi connectivity index (χ4n) is 3.03. The molecule has 0 radical (unpaired) electrons. The fourth-order valence-corrected chi connectivity index (χ4v) is 3.03. The third-order valence-corrected chi connectivity index (χ3v) is 4.22. The highest BCUT2D eigenvalue weighted by Gasteiger charge is 2.29. The van der Waals surface area contributed by atoms with Gasteiger partial charge in [0.25, 0.3) is 0 Å². The normalized spacial score (nSPS) is 22.4. The summed E-state index contributed by atoms with van der Waals surface area (Å²) in [4.78, 5) is 24.9. The Labute approximate surface area is 118 Å². The summed E-state index contributed by atoms with van der Waals surface area (Å²) in [7, 11) is 0. The van der Waals surface area contributed by atoms with Gasteiger partial charge in [-0.2, -0.15) is 0 Å². The molecule has 20 heavy (non-hydrogen) atoms. The molecule has 1 atom stereocenters. The topological polar surface area (TPSA) is 43.4 Å². The SMILES string of the molecule is CC1=C(CCC2CCCO2)C(=O)c2ccccc2C1=O. The molecule has 0 N–H and O–H groups in total. The van der Waals surface area contributed by atoms with Gasteiger partial charge in [-0.05, 0) is 32.6 Å². The van der Waals surface area contributed by atoms with Crippen molar-refractivity contribution in [2.45, 2.75) is 38.7 Å². The average Bonchev–Trinajstić information content (AvgIpc) is 2.98. The highest BCUT2D eigenvalue weighted by atomic mass is 16.5. The zero-order valence-corrected chi connectivity index (χ0v) is 11.6. The molecule has 1 aliphatic heterocycles. The van der Waals surface area contributed by atoms with E-state index in [0.717, 1.165) is 25.9 Å². The van der Waals surface area contributed by atoms with Gasteiger partial charge in [-0.25, -0.2) is 0 Å². The number of benzene rings is 1. The zero-order chi connectivity index (χ0) is 14.1. The van der Waals surface area contributed by atoms with Crippen molar-refractivity contribution >= 4 is 11.6 Å². The first-order valence-corrected chi connectivity index (χ1v) is 7.18. The highest BCUT2D eigenvalue weighted by Crippen LogP contribution is 2.30. The number of carbonyl (C=O) groups excluding carboxylic acids is 2. The summed E-state index contributed by atoms with van der Waals surface area (Å²) in [5.41, 5.74) is 2.36. The first-order chi connectivity index (χ1) is 9.68. The number of hydrogen-bond donors (Lipinski definition) is 0. The van der Waals surface area contributed by atoms with Crippen LogP contribution in [0, 0.1) is 0 Å². The van der Waals surface area contributed by atoms with Crippen molar-refractivity contribution in [2.75, 3.05) is 6.61 Å². The van der Waals surface area contributed by atoms with Gasteiger partial charge in [0.2, 0.25) is 0 Å². The van der Waals surface area contributed by atoms with Crippen molar-refractivity contribution in [1.29, 1.82) is 0 Å². The molecule has 3 heteroatoms. The first kappa shape index (κ1) is 13.3. The lowest BCUT2D eigenvalue weighted by Crippen LogP contribution is -2.21. The average molecular weight is 270 g/mol. The Bertz CT molecular complexity index is 592. The maximum Gasteiger partial charge on any atom is 0.190 e. The second-order valence-corrected chi connectivity index (χ2v) is 5.48. The van der Waals surface area contributed by atoms with Gasteiger partial charge in [0, 0.05) is 28.9 Å². The summed E-state index contributed by atoms with van der Waals surface area (Å²) in [6, 6.07) is 7.08. The maximum absolute atomic E-state index is 12.5. The van der Waals surface area contributed by atoms with Crippen LogP contribution in [0.5, 0.6) is 0 Å². The van der Waals surface area contributed by atoms with Crippen molar-refractivity contribution in [1.82, 2.24) is 0 Å². The molecule has 0 bridgehead atoms. The minimum Gasteiger partial charge on any atom is -0.378 e. The third kappa shape index (κ3) is 2.22. The van der Waals surface area contributed by atoms with Crippen LogP contribution < -0.4 is 0 Å². The number of allylic oxidation sites excluding steroid dienone is 2. The summed E-state index contributed by atoms with van der Waals surface area (Å²) in [5, 5.41) is 0. The van der Waals surface area contributed by atoms with Crippen molar-refractivity contribution in [2.24, 2.45) is 0 Å². The number of Topliss-reactive ketones (excluding diaryl/α,β-unsaturated/α-hetero) is 2. The first-order valence-electron chi connectivity index (χ1n) is 7.18. The van der Waals surface area contributed by atoms with E-state index in [-0.39, 0.29) is 17.7 Å². The minimum atomic E-state index is -0.0115. The van der Waals surface area contributed by atoms with Crippen LogP contribution in [0.15, 0.2) is 35.4 Å². The van der Waals surface area contributed by atoms with Crippen LogP contribution in [0.1, 0.15) is 53.3 Å². The summed E-state index contributed by atoms with van der Waals surface area (Å²) in [6.07, 6.45) is 3.86. The second-order valence-electron chi connectivity index (χ2n) is 5.48. The molecule has 3 rings (SSSR count). The van der Waals surface area contributed by atoms with Gasteiger partial charge in [0.1, 0.15) is 0 Å². The van der Waals surface area contributed by atoms with Gasteiger partial charge in [0.05, 0.1) is 6.10 Å². The lowest BCUT2D eigenvalue weighted by Gasteiger charge is -2.20. The maximum atomic E-state index is 12.5. The molecular formula is C17H18O3. The highest BCUT2D eigenvalue weighted by molar-refractivity contribution is 6.26. The molecule has 1 aromatic carbocycles. The molecule has 1 saturated heterocycles. The lowest BCUT2D eigenvalue weighted by molar-refractivity contribution is 0.0946. The molecule has 1 unspecified atom stereocenters. The van der Waals surface area contributed by atoms with Crippen LogP contribution in [0.25, 0.3) is 0 Å². The van der Waals surface area contributed by atoms with Gasteiger partial charge >= 0.3 is 0 Å². The van der Waals surface area contributed by atoms with Gasteiger partial charge in [-0.3, -0.25) is 9.59 Å². The van der Waals surface area contributed by atoms with E-state index in [4.69, 9.17) is 4.74 Å². The van der Waals surface area contributed by atoms with E-state index in [1.165, 1.54) is 0 Å². The molecule has 2 aliphatic rings. The van der Waals surface area contributed by atoms with Crippen LogP contribution in [-0.4, -0.2) is 24.3 Å². The molecule has 104 valence electrons. The zero-order valence-electron chi connectivity index (χ0n) is 11.6. The molecule has 0 saturated carbocycles. The van der Waals surface area contributed by atoms with Crippen molar-refractivity contribution in [3.05, 3.63) is 46.5 Å². The summed E-state index contributed by atoms with van der Waals surface area (Å²) < 4.78 is 5.59. The predicted molar refractivity (Wildman–Crippen MR) is 76.0 cm³/mol. The van der Waals surface area contributed by atoms with Crippen LogP contribution in [0.3, 0.4) is 0 Å². The third-order valence-electron chi connectivity index (χ3n) is 4.22. The van der Waals surface area contributed by atoms with E-state index >= 15 is 0 Å². The molecule has 1 aromatic rings. The standard InChI is InChI=1S/C17H18O3/c1-11-13(9-8-12-5-4-10-20-12)17(19)15-7-3-2-6-14(15)16(11)18/h2-3,6-7,12H,4-5,8-10H2,1H3. The van der Waals surface area contributed by atoms with E-state index in [9.17, 15) is 9.59 Å². The Morgan fingerprint density at radius 3 is 2.50 bits per heavy atom. The molecule has 0 amide bonds. The summed E-state index contributed by atoms with van der Waals surface area (Å²) >= 11 is 0. The number of ether oxygens (including phenoxy) is 1. The van der Waals surface area contributed by atoms with Gasteiger partial charge in [-0.15, -0.1) is 0 Å². The molecule has 0 aromatic heterocycles. The smallest absolute Gasteiger partial charge is 0.190 e. The Morgan fingerprint density at radius 1 is 1.15 bits per heavy atom. The van der Waals surface area contributed by atoms with Gasteiger partial charge in [-0.1, -0.05) is 24.3 Å². The van der Waals surface area contributed by atoms with Gasteiger partial charge in [0.15, 0.2) is 11.6 Å². The fraction of sp³-hybridized carbons (Fsp3) is 0.412. The number of carbonyl (C=O) groups is 2. The van der Waals surface area contributed by atoms with Crippen LogP contribution in [0.2, 0.25) is 0 Å². The van der Waals surface area contributed by atoms with E-state index in [1.807, 2.05) is 6.07 Å². The summed E-state index contributed by atoms with van der Waals surface area (Å²) in [5.74, 6) is -0.00163. The van der Waals surface area contributed by atoms with Crippen molar-refractivity contribution < 1.29 is 14.3 Å². The Balaban J connectivity index is 1.85. The van der Waals surface area contributed by atoms with E-state index < -0.39 is 0 Å². The van der Waals surface area contributed by atoms with Crippen LogP contribution in [0.4, 0.5) is 0 Å². The summed E-state index contributed by atoms with van der Waals surface area (Å²) in [6.45, 7) is 2.58. The molecule has 1 heterocycles. The Hall–Kier alpha value is -1.74. The van der Waals surface area contributed by atoms with E-state index in [1.54, 1.807) is 25.1 Å². The van der Waals surface area contributed by atoms with E-state index in [2.05, 4.69) is 0 Å². The number of ketones is 2. The second kappa shape index (κ2) is 5.33. The lowest BCUT2D eigenvalue weighted by atomic mass is 9.82. The molecular weight excluding hydrogens is 252 g/mol. The van der Waals surface area contributed by atoms with Crippen LogP contribution in [-0.2, 0) is 4.74 Å². The predicted octanol–water partition coefficient (Wildman–Crippen LogP) is 3.34. The number of hydrogen-bond acceptors (Lipinski definition) is 3. The van der Waals surface area contributed by atoms with Gasteiger partial charge < -0.3 is 4.74 Å². The minimum absolute atomic E-state index is 0.00990. The van der Waals surface area contributed by atoms with Crippen molar-refractivity contribution in [3.8, 4) is 0 Å². The number of fused-ring (bicyclic) bond motifs is 1. The monoisotopic (exact) mass is 270 g/mol. The van der Waals surface area contributed by atoms with Crippen molar-refractivity contribution in [3.63, 3.8) is 0 Å². The molecule has 1 fully saturated rings. The van der Waals surface area contributed by atoms with E-state index in [0.29, 0.717) is 28.7 Å². The quantitative estimate of drug-likeness (QED) is 0.846. The molecule has 0 spiro atoms. The molecule has 3 nitrogen and oxygen atoms in total. The van der Waals surface area contributed by atoms with Crippen LogP contribution >= 0.6 is 0 Å². The Morgan fingerprint density at radius 2 is 1.85 bits per heavy atom.